The van der Waals surface area contributed by atoms with Crippen LogP contribution in [0.2, 0.25) is 18.1 Å². The minimum Gasteiger partial charge on any atom is -0.481 e. The minimum atomic E-state index is -1.23. The number of carboxylic acid groups (broad SMARTS) is 1. The van der Waals surface area contributed by atoms with Gasteiger partial charge in [-0.2, -0.15) is 0 Å². The summed E-state index contributed by atoms with van der Waals surface area (Å²) in [5.74, 6) is -0.659. The van der Waals surface area contributed by atoms with Crippen LogP contribution >= 0.6 is 0 Å². The van der Waals surface area contributed by atoms with E-state index in [1.54, 1.807) is 0 Å². The van der Waals surface area contributed by atoms with E-state index in [0.717, 1.165) is 5.56 Å². The summed E-state index contributed by atoms with van der Waals surface area (Å²) in [4.78, 5) is 11.3. The Balaban J connectivity index is 2.90. The van der Waals surface area contributed by atoms with Gasteiger partial charge in [-0.25, -0.2) is 0 Å². The van der Waals surface area contributed by atoms with Crippen molar-refractivity contribution in [3.05, 3.63) is 35.9 Å². The highest BCUT2D eigenvalue weighted by molar-refractivity contribution is 6.63. The van der Waals surface area contributed by atoms with Crippen molar-refractivity contribution in [3.8, 4) is 0 Å². The molecular weight excluding hydrogens is 204 g/mol. The number of rotatable bonds is 4. The highest BCUT2D eigenvalue weighted by atomic mass is 28.3. The summed E-state index contributed by atoms with van der Waals surface area (Å²) in [6.45, 7) is 6.06. The van der Waals surface area contributed by atoms with Gasteiger partial charge in [-0.15, -0.1) is 0 Å². The maximum atomic E-state index is 11.3. The van der Waals surface area contributed by atoms with Gasteiger partial charge in [-0.3, -0.25) is 4.79 Å². The van der Waals surface area contributed by atoms with Crippen molar-refractivity contribution >= 4 is 14.8 Å². The van der Waals surface area contributed by atoms with E-state index in [1.165, 1.54) is 0 Å². The lowest BCUT2D eigenvalue weighted by molar-refractivity contribution is -0.140. The summed E-state index contributed by atoms with van der Waals surface area (Å²) in [6, 6.07) is 9.86. The first-order valence-corrected chi connectivity index (χ1v) is 8.13. The first-order valence-electron chi connectivity index (χ1n) is 5.24. The predicted octanol–water partition coefficient (Wildman–Crippen LogP) is 2.56. The highest BCUT2D eigenvalue weighted by Crippen LogP contribution is 2.34. The fourth-order valence-electron chi connectivity index (χ4n) is 1.55. The Kier molecular flexibility index (Phi) is 3.69. The molecule has 0 saturated heterocycles. The molecule has 1 aromatic rings. The Bertz CT molecular complexity index is 335. The normalized spacial score (nSPS) is 14.9. The van der Waals surface area contributed by atoms with Crippen molar-refractivity contribution in [1.82, 2.24) is 0 Å². The molecule has 0 bridgehead atoms. The number of hydrogen-bond donors (Lipinski definition) is 1. The predicted molar refractivity (Wildman–Crippen MR) is 65.0 cm³/mol. The van der Waals surface area contributed by atoms with Crippen LogP contribution in [-0.4, -0.2) is 19.9 Å². The molecule has 0 aliphatic heterocycles. The lowest BCUT2D eigenvalue weighted by Crippen LogP contribution is -2.34. The smallest absolute Gasteiger partial charge is 0.306 e. The summed E-state index contributed by atoms with van der Waals surface area (Å²) in [6.07, 6.45) is 0.646. The van der Waals surface area contributed by atoms with E-state index >= 15 is 0 Å². The molecule has 0 aliphatic rings. The molecule has 1 unspecified atom stereocenters. The molecule has 1 aromatic carbocycles. The van der Waals surface area contributed by atoms with Crippen molar-refractivity contribution in [2.45, 2.75) is 31.5 Å². The second kappa shape index (κ2) is 4.62. The van der Waals surface area contributed by atoms with E-state index in [0.29, 0.717) is 6.42 Å². The van der Waals surface area contributed by atoms with E-state index in [1.807, 2.05) is 37.3 Å². The van der Waals surface area contributed by atoms with Crippen molar-refractivity contribution in [3.63, 3.8) is 0 Å². The molecule has 0 spiro atoms. The van der Waals surface area contributed by atoms with Crippen molar-refractivity contribution in [2.24, 2.45) is 0 Å². The van der Waals surface area contributed by atoms with Crippen LogP contribution in [0.15, 0.2) is 30.3 Å². The largest absolute Gasteiger partial charge is 0.481 e. The second-order valence-electron chi connectivity index (χ2n) is 4.54. The maximum absolute atomic E-state index is 11.3. The lowest BCUT2D eigenvalue weighted by Gasteiger charge is -2.28. The van der Waals surface area contributed by atoms with Gasteiger partial charge in [0, 0.05) is 0 Å². The lowest BCUT2D eigenvalue weighted by atomic mass is 10.0. The van der Waals surface area contributed by atoms with Crippen LogP contribution in [0, 0.1) is 0 Å². The first-order chi connectivity index (χ1) is 6.97. The van der Waals surface area contributed by atoms with Crippen molar-refractivity contribution in [2.75, 3.05) is 0 Å². The Morgan fingerprint density at radius 1 is 1.33 bits per heavy atom. The third kappa shape index (κ3) is 2.69. The number of hydrogen-bond acceptors (Lipinski definition) is 1. The van der Waals surface area contributed by atoms with Gasteiger partial charge in [-0.05, 0) is 12.0 Å². The van der Waals surface area contributed by atoms with Gasteiger partial charge in [-0.1, -0.05) is 50.3 Å². The molecule has 3 heteroatoms. The van der Waals surface area contributed by atoms with Crippen LogP contribution < -0.4 is 0 Å². The second-order valence-corrected chi connectivity index (χ2v) is 8.12. The SMILES string of the molecule is C[SiH](C)C(C)(Cc1ccccc1)C(=O)O. The van der Waals surface area contributed by atoms with Crippen LogP contribution in [0.25, 0.3) is 0 Å². The van der Waals surface area contributed by atoms with Crippen LogP contribution in [0.4, 0.5) is 0 Å². The third-order valence-electron chi connectivity index (χ3n) is 3.18. The van der Waals surface area contributed by atoms with E-state index in [9.17, 15) is 9.90 Å². The molecule has 1 rings (SSSR count). The van der Waals surface area contributed by atoms with Gasteiger partial charge in [0.15, 0.2) is 0 Å². The Hall–Kier alpha value is -1.09. The zero-order valence-corrected chi connectivity index (χ0v) is 10.7. The Labute approximate surface area is 92.6 Å². The first kappa shape index (κ1) is 12.0. The average molecular weight is 222 g/mol. The van der Waals surface area contributed by atoms with Gasteiger partial charge in [0.1, 0.15) is 0 Å². The van der Waals surface area contributed by atoms with Crippen LogP contribution in [-0.2, 0) is 11.2 Å². The molecule has 0 amide bonds. The standard InChI is InChI=1S/C12H18O2Si/c1-12(11(13)14,15(2)3)9-10-7-5-4-6-8-10/h4-8,15H,9H2,1-3H3,(H,13,14). The molecule has 0 aliphatic carbocycles. The third-order valence-corrected chi connectivity index (χ3v) is 6.18. The van der Waals surface area contributed by atoms with Crippen LogP contribution in [0.1, 0.15) is 12.5 Å². The summed E-state index contributed by atoms with van der Waals surface area (Å²) in [5.41, 5.74) is 1.11. The van der Waals surface area contributed by atoms with E-state index < -0.39 is 19.8 Å². The highest BCUT2D eigenvalue weighted by Gasteiger charge is 2.37. The van der Waals surface area contributed by atoms with Crippen molar-refractivity contribution in [1.29, 1.82) is 0 Å². The summed E-state index contributed by atoms with van der Waals surface area (Å²) in [5, 5.41) is 8.76. The Morgan fingerprint density at radius 2 is 1.87 bits per heavy atom. The topological polar surface area (TPSA) is 37.3 Å². The zero-order valence-electron chi connectivity index (χ0n) is 9.53. The number of benzene rings is 1. The quantitative estimate of drug-likeness (QED) is 0.795. The molecule has 0 heterocycles. The average Bonchev–Trinajstić information content (AvgIpc) is 2.18. The molecule has 1 N–H and O–H groups in total. The number of carbonyl (C=O) groups is 1. The molecule has 0 saturated carbocycles. The van der Waals surface area contributed by atoms with E-state index in [2.05, 4.69) is 13.1 Å². The molecule has 82 valence electrons. The summed E-state index contributed by atoms with van der Waals surface area (Å²) in [7, 11) is -1.23. The summed E-state index contributed by atoms with van der Waals surface area (Å²) < 4.78 is 0. The monoisotopic (exact) mass is 222 g/mol. The van der Waals surface area contributed by atoms with Crippen LogP contribution in [0.3, 0.4) is 0 Å². The fraction of sp³-hybridized carbons (Fsp3) is 0.417. The molecular formula is C12H18O2Si. The number of carboxylic acids is 1. The molecule has 1 atom stereocenters. The summed E-state index contributed by atoms with van der Waals surface area (Å²) >= 11 is 0. The van der Waals surface area contributed by atoms with Crippen LogP contribution in [0.5, 0.6) is 0 Å². The minimum absolute atomic E-state index is 0.540. The molecule has 0 aromatic heterocycles. The van der Waals surface area contributed by atoms with Gasteiger partial charge in [0.05, 0.1) is 13.8 Å². The molecule has 0 fully saturated rings. The molecule has 2 nitrogen and oxygen atoms in total. The van der Waals surface area contributed by atoms with E-state index in [4.69, 9.17) is 0 Å². The number of aliphatic carboxylic acids is 1. The van der Waals surface area contributed by atoms with Gasteiger partial charge in [0.25, 0.3) is 0 Å². The van der Waals surface area contributed by atoms with Gasteiger partial charge >= 0.3 is 5.97 Å². The molecule has 15 heavy (non-hydrogen) atoms. The Morgan fingerprint density at radius 3 is 2.27 bits per heavy atom. The van der Waals surface area contributed by atoms with Gasteiger partial charge < -0.3 is 5.11 Å². The molecule has 0 radical (unpaired) electrons. The fourth-order valence-corrected chi connectivity index (χ4v) is 2.68. The van der Waals surface area contributed by atoms with Gasteiger partial charge in [0.2, 0.25) is 0 Å². The van der Waals surface area contributed by atoms with E-state index in [-0.39, 0.29) is 0 Å². The van der Waals surface area contributed by atoms with Crippen molar-refractivity contribution < 1.29 is 9.90 Å². The maximum Gasteiger partial charge on any atom is 0.306 e. The zero-order chi connectivity index (χ0) is 11.5.